The fourth-order valence-electron chi connectivity index (χ4n) is 1.72. The molecule has 0 aliphatic rings. The van der Waals surface area contributed by atoms with Crippen molar-refractivity contribution in [3.05, 3.63) is 35.9 Å². The van der Waals surface area contributed by atoms with E-state index in [4.69, 9.17) is 6.42 Å². The molecule has 78 valence electrons. The number of carbonyl (C=O) groups excluding carboxylic acids is 1. The Kier molecular flexibility index (Phi) is 4.12. The van der Waals surface area contributed by atoms with E-state index in [1.165, 1.54) is 0 Å². The summed E-state index contributed by atoms with van der Waals surface area (Å²) in [5.74, 6) is 2.26. The average molecular weight is 200 g/mol. The quantitative estimate of drug-likeness (QED) is 0.539. The fourth-order valence-corrected chi connectivity index (χ4v) is 1.72. The molecule has 2 atom stereocenters. The molecule has 1 heteroatoms. The van der Waals surface area contributed by atoms with Crippen LogP contribution in [0.5, 0.6) is 0 Å². The van der Waals surface area contributed by atoms with Crippen LogP contribution in [0, 0.1) is 18.3 Å². The lowest BCUT2D eigenvalue weighted by atomic mass is 9.83. The lowest BCUT2D eigenvalue weighted by Crippen LogP contribution is -2.18. The van der Waals surface area contributed by atoms with E-state index in [2.05, 4.69) is 19.8 Å². The van der Waals surface area contributed by atoms with Crippen LogP contribution in [-0.2, 0) is 4.79 Å². The lowest BCUT2D eigenvalue weighted by Gasteiger charge is -2.19. The minimum Gasteiger partial charge on any atom is -0.284 e. The van der Waals surface area contributed by atoms with Crippen LogP contribution < -0.4 is 0 Å². The van der Waals surface area contributed by atoms with Crippen LogP contribution in [0.2, 0.25) is 0 Å². The highest BCUT2D eigenvalue weighted by molar-refractivity contribution is 6.00. The highest BCUT2D eigenvalue weighted by Crippen LogP contribution is 2.27. The maximum atomic E-state index is 11.7. The smallest absolute Gasteiger partial charge is 0.212 e. The molecule has 0 radical (unpaired) electrons. The summed E-state index contributed by atoms with van der Waals surface area (Å²) in [5.41, 5.74) is 1.02. The van der Waals surface area contributed by atoms with Gasteiger partial charge in [-0.1, -0.05) is 50.6 Å². The molecule has 0 fully saturated rings. The number of carbonyl (C=O) groups is 1. The molecular formula is C14H16O. The molecule has 0 saturated carbocycles. The van der Waals surface area contributed by atoms with E-state index in [0.29, 0.717) is 0 Å². The number of ketones is 1. The zero-order valence-corrected chi connectivity index (χ0v) is 9.23. The Bertz CT molecular complexity index is 359. The molecule has 0 heterocycles. The Morgan fingerprint density at radius 1 is 1.40 bits per heavy atom. The van der Waals surface area contributed by atoms with Gasteiger partial charge in [0, 0.05) is 0 Å². The molecule has 0 aromatic heterocycles. The zero-order chi connectivity index (χ0) is 11.3. The molecule has 0 spiro atoms. The summed E-state index contributed by atoms with van der Waals surface area (Å²) in [6, 6.07) is 9.75. The molecule has 0 saturated heterocycles. The molecule has 0 N–H and O–H groups in total. The van der Waals surface area contributed by atoms with Gasteiger partial charge in [0.2, 0.25) is 5.78 Å². The van der Waals surface area contributed by atoms with Crippen molar-refractivity contribution in [2.75, 3.05) is 0 Å². The van der Waals surface area contributed by atoms with Crippen molar-refractivity contribution in [3.8, 4) is 12.3 Å². The van der Waals surface area contributed by atoms with Crippen LogP contribution in [0.1, 0.15) is 31.7 Å². The van der Waals surface area contributed by atoms with E-state index in [0.717, 1.165) is 12.0 Å². The van der Waals surface area contributed by atoms with Crippen molar-refractivity contribution in [3.63, 3.8) is 0 Å². The third kappa shape index (κ3) is 2.70. The van der Waals surface area contributed by atoms with Gasteiger partial charge in [0.15, 0.2) is 0 Å². The normalized spacial score (nSPS) is 13.9. The second-order valence-corrected chi connectivity index (χ2v) is 3.78. The van der Waals surface area contributed by atoms with E-state index in [1.807, 2.05) is 30.3 Å². The van der Waals surface area contributed by atoms with E-state index >= 15 is 0 Å². The largest absolute Gasteiger partial charge is 0.284 e. The second kappa shape index (κ2) is 5.36. The number of Topliss-reactive ketones (excluding diaryl/α,β-unsaturated/α-hetero) is 1. The summed E-state index contributed by atoms with van der Waals surface area (Å²) in [7, 11) is 0. The number of rotatable bonds is 4. The van der Waals surface area contributed by atoms with Gasteiger partial charge < -0.3 is 0 Å². The van der Waals surface area contributed by atoms with Gasteiger partial charge in [-0.05, 0) is 17.4 Å². The first-order valence-electron chi connectivity index (χ1n) is 5.26. The Hall–Kier alpha value is -1.55. The summed E-state index contributed by atoms with van der Waals surface area (Å²) in [4.78, 5) is 11.7. The monoisotopic (exact) mass is 200 g/mol. The predicted molar refractivity (Wildman–Crippen MR) is 62.5 cm³/mol. The van der Waals surface area contributed by atoms with Crippen molar-refractivity contribution in [2.45, 2.75) is 26.2 Å². The number of hydrogen-bond acceptors (Lipinski definition) is 1. The molecule has 0 amide bonds. The zero-order valence-electron chi connectivity index (χ0n) is 9.23. The van der Waals surface area contributed by atoms with Crippen molar-refractivity contribution < 1.29 is 4.79 Å². The standard InChI is InChI=1S/C14H16O/c1-4-11(3)14(13(15)5-2)12-9-7-6-8-10-12/h2,6-11,14H,4H2,1,3H3. The van der Waals surface area contributed by atoms with Gasteiger partial charge in [0.05, 0.1) is 5.92 Å². The van der Waals surface area contributed by atoms with Gasteiger partial charge >= 0.3 is 0 Å². The van der Waals surface area contributed by atoms with Crippen LogP contribution in [0.15, 0.2) is 30.3 Å². The number of hydrogen-bond donors (Lipinski definition) is 0. The SMILES string of the molecule is C#CC(=O)C(c1ccccc1)C(C)CC. The Morgan fingerprint density at radius 2 is 2.00 bits per heavy atom. The Morgan fingerprint density at radius 3 is 2.47 bits per heavy atom. The van der Waals surface area contributed by atoms with Crippen LogP contribution in [0.25, 0.3) is 0 Å². The molecule has 1 rings (SSSR count). The minimum absolute atomic E-state index is 0.115. The van der Waals surface area contributed by atoms with Crippen molar-refractivity contribution in [1.29, 1.82) is 0 Å². The van der Waals surface area contributed by atoms with Gasteiger partial charge in [-0.2, -0.15) is 0 Å². The van der Waals surface area contributed by atoms with Gasteiger partial charge in [0.25, 0.3) is 0 Å². The Balaban J connectivity index is 3.03. The van der Waals surface area contributed by atoms with Crippen LogP contribution >= 0.6 is 0 Å². The van der Waals surface area contributed by atoms with Crippen LogP contribution in [-0.4, -0.2) is 5.78 Å². The molecule has 0 aliphatic heterocycles. The average Bonchev–Trinajstić information content (AvgIpc) is 2.30. The van der Waals surface area contributed by atoms with Crippen LogP contribution in [0.3, 0.4) is 0 Å². The van der Waals surface area contributed by atoms with Crippen molar-refractivity contribution in [1.82, 2.24) is 0 Å². The molecule has 2 unspecified atom stereocenters. The van der Waals surface area contributed by atoms with E-state index in [9.17, 15) is 4.79 Å². The molecular weight excluding hydrogens is 184 g/mol. The van der Waals surface area contributed by atoms with Gasteiger partial charge in [0.1, 0.15) is 0 Å². The summed E-state index contributed by atoms with van der Waals surface area (Å²) < 4.78 is 0. The summed E-state index contributed by atoms with van der Waals surface area (Å²) in [5, 5.41) is 0. The van der Waals surface area contributed by atoms with Gasteiger partial charge in [-0.15, -0.1) is 6.42 Å². The van der Waals surface area contributed by atoms with Crippen molar-refractivity contribution in [2.24, 2.45) is 5.92 Å². The highest BCUT2D eigenvalue weighted by Gasteiger charge is 2.23. The van der Waals surface area contributed by atoms with E-state index < -0.39 is 0 Å². The van der Waals surface area contributed by atoms with Gasteiger partial charge in [-0.3, -0.25) is 4.79 Å². The molecule has 1 aromatic carbocycles. The summed E-state index contributed by atoms with van der Waals surface area (Å²) in [6.45, 7) is 4.14. The molecule has 0 aliphatic carbocycles. The number of terminal acetylenes is 1. The number of benzene rings is 1. The first-order valence-corrected chi connectivity index (χ1v) is 5.26. The van der Waals surface area contributed by atoms with Crippen LogP contribution in [0.4, 0.5) is 0 Å². The third-order valence-electron chi connectivity index (χ3n) is 2.80. The fraction of sp³-hybridized carbons (Fsp3) is 0.357. The first kappa shape index (κ1) is 11.5. The molecule has 1 aromatic rings. The third-order valence-corrected chi connectivity index (χ3v) is 2.80. The first-order chi connectivity index (χ1) is 7.20. The summed E-state index contributed by atoms with van der Waals surface area (Å²) in [6.07, 6.45) is 6.15. The van der Waals surface area contributed by atoms with E-state index in [1.54, 1.807) is 0 Å². The lowest BCUT2D eigenvalue weighted by molar-refractivity contribution is -0.116. The second-order valence-electron chi connectivity index (χ2n) is 3.78. The molecule has 1 nitrogen and oxygen atoms in total. The topological polar surface area (TPSA) is 17.1 Å². The summed E-state index contributed by atoms with van der Waals surface area (Å²) >= 11 is 0. The van der Waals surface area contributed by atoms with Gasteiger partial charge in [-0.25, -0.2) is 0 Å². The predicted octanol–water partition coefficient (Wildman–Crippen LogP) is 3.02. The van der Waals surface area contributed by atoms with E-state index in [-0.39, 0.29) is 17.6 Å². The highest BCUT2D eigenvalue weighted by atomic mass is 16.1. The molecule has 15 heavy (non-hydrogen) atoms. The Labute approximate surface area is 91.5 Å². The maximum absolute atomic E-state index is 11.7. The maximum Gasteiger partial charge on any atom is 0.212 e. The molecule has 0 bridgehead atoms. The van der Waals surface area contributed by atoms with Crippen molar-refractivity contribution >= 4 is 5.78 Å². The minimum atomic E-state index is -0.152.